The van der Waals surface area contributed by atoms with Crippen LogP contribution in [0.25, 0.3) is 0 Å². The molecule has 0 aromatic carbocycles. The topological polar surface area (TPSA) is 26.6 Å². The number of ether oxygens (including phenoxy) is 1. The van der Waals surface area contributed by atoms with Gasteiger partial charge >= 0.3 is 0 Å². The van der Waals surface area contributed by atoms with E-state index in [0.29, 0.717) is 6.04 Å². The Labute approximate surface area is 68.7 Å². The second-order valence-corrected chi connectivity index (χ2v) is 3.05. The van der Waals surface area contributed by atoms with Crippen LogP contribution >= 0.6 is 0 Å². The highest BCUT2D eigenvalue weighted by atomic mass is 16.5. The van der Waals surface area contributed by atoms with Crippen molar-refractivity contribution in [3.63, 3.8) is 0 Å². The van der Waals surface area contributed by atoms with E-state index in [9.17, 15) is 0 Å². The maximum Gasteiger partial charge on any atom is 0.0589 e. The normalized spacial score (nSPS) is 24.8. The molecule has 0 aromatic heterocycles. The lowest BCUT2D eigenvalue weighted by molar-refractivity contribution is 0.143. The number of likely N-dealkylation sites (N-methyl/N-ethyl adjacent to an activating group) is 1. The van der Waals surface area contributed by atoms with Crippen LogP contribution in [0.3, 0.4) is 0 Å². The minimum absolute atomic E-state index is 0.671. The molecule has 1 atom stereocenters. The number of nitrogens with zero attached hydrogens (tertiary/aromatic N) is 2. The molecule has 0 aromatic rings. The molecule has 0 N–H and O–H groups in total. The summed E-state index contributed by atoms with van der Waals surface area (Å²) in [5.41, 5.74) is 0. The summed E-state index contributed by atoms with van der Waals surface area (Å²) in [5, 5.41) is 4.31. The van der Waals surface area contributed by atoms with Crippen molar-refractivity contribution in [2.45, 2.75) is 12.5 Å². The summed E-state index contributed by atoms with van der Waals surface area (Å²) in [6, 6.07) is 0.671. The zero-order valence-electron chi connectivity index (χ0n) is 7.42. The van der Waals surface area contributed by atoms with Gasteiger partial charge < -0.3 is 4.74 Å². The van der Waals surface area contributed by atoms with Crippen molar-refractivity contribution < 1.29 is 4.74 Å². The lowest BCUT2D eigenvalue weighted by Gasteiger charge is -2.22. The van der Waals surface area contributed by atoms with Gasteiger partial charge in [-0.15, -0.1) is 0 Å². The third-order valence-corrected chi connectivity index (χ3v) is 2.23. The minimum atomic E-state index is 0.671. The van der Waals surface area contributed by atoms with Gasteiger partial charge in [0.25, 0.3) is 0 Å². The first kappa shape index (κ1) is 8.97. The van der Waals surface area contributed by atoms with Gasteiger partial charge in [-0.3, -0.25) is 4.90 Å². The minimum Gasteiger partial charge on any atom is -0.383 e. The highest BCUT2D eigenvalue weighted by Crippen LogP contribution is 2.06. The molecule has 0 saturated carbocycles. The summed E-state index contributed by atoms with van der Waals surface area (Å²) >= 11 is 0. The summed E-state index contributed by atoms with van der Waals surface area (Å²) in [6.45, 7) is 3.91. The molecule has 0 unspecified atom stereocenters. The van der Waals surface area contributed by atoms with Crippen LogP contribution in [0.1, 0.15) is 6.42 Å². The van der Waals surface area contributed by atoms with E-state index in [1.165, 1.54) is 6.42 Å². The fraction of sp³-hybridized carbons (Fsp3) is 1.00. The van der Waals surface area contributed by atoms with Crippen molar-refractivity contribution in [1.82, 2.24) is 10.2 Å². The predicted octanol–water partition coefficient (Wildman–Crippen LogP) is -0.0587. The predicted molar refractivity (Wildman–Crippen MR) is 44.8 cm³/mol. The highest BCUT2D eigenvalue weighted by Gasteiger charge is 2.19. The van der Waals surface area contributed by atoms with E-state index in [0.717, 1.165) is 26.2 Å². The molecule has 0 spiro atoms. The van der Waals surface area contributed by atoms with E-state index in [2.05, 4.69) is 17.3 Å². The highest BCUT2D eigenvalue weighted by molar-refractivity contribution is 4.77. The van der Waals surface area contributed by atoms with Gasteiger partial charge in [0.2, 0.25) is 0 Å². The Morgan fingerprint density at radius 2 is 2.45 bits per heavy atom. The van der Waals surface area contributed by atoms with Crippen molar-refractivity contribution in [3.8, 4) is 0 Å². The maximum atomic E-state index is 5.00. The first-order valence-electron chi connectivity index (χ1n) is 4.17. The molecule has 0 amide bonds. The van der Waals surface area contributed by atoms with Gasteiger partial charge in [0.05, 0.1) is 6.61 Å². The molecule has 3 nitrogen and oxygen atoms in total. The van der Waals surface area contributed by atoms with Gasteiger partial charge in [-0.2, -0.15) is 0 Å². The summed E-state index contributed by atoms with van der Waals surface area (Å²) in [6.07, 6.45) is 1.22. The molecule has 1 radical (unpaired) electrons. The van der Waals surface area contributed by atoms with Crippen LogP contribution < -0.4 is 5.32 Å². The van der Waals surface area contributed by atoms with E-state index >= 15 is 0 Å². The Morgan fingerprint density at radius 1 is 1.64 bits per heavy atom. The van der Waals surface area contributed by atoms with E-state index in [1.807, 2.05) is 0 Å². The standard InChI is InChI=1S/C8H17N2O/c1-10(5-6-11-2)8-3-4-9-7-8/h8H,3-7H2,1-2H3/t8-/m0/s1. The largest absolute Gasteiger partial charge is 0.383 e. The van der Waals surface area contributed by atoms with Gasteiger partial charge in [0.1, 0.15) is 0 Å². The number of methoxy groups -OCH3 is 1. The van der Waals surface area contributed by atoms with Crippen molar-refractivity contribution in [1.29, 1.82) is 0 Å². The average molecular weight is 157 g/mol. The van der Waals surface area contributed by atoms with Crippen LogP contribution in [0.4, 0.5) is 0 Å². The molecular formula is C8H17N2O. The third-order valence-electron chi connectivity index (χ3n) is 2.23. The molecule has 0 bridgehead atoms. The van der Waals surface area contributed by atoms with Gasteiger partial charge in [0, 0.05) is 32.8 Å². The van der Waals surface area contributed by atoms with Crippen molar-refractivity contribution in [3.05, 3.63) is 0 Å². The first-order chi connectivity index (χ1) is 5.34. The second-order valence-electron chi connectivity index (χ2n) is 3.05. The molecule has 1 aliphatic heterocycles. The van der Waals surface area contributed by atoms with Crippen molar-refractivity contribution in [2.75, 3.05) is 40.4 Å². The van der Waals surface area contributed by atoms with E-state index in [-0.39, 0.29) is 0 Å². The van der Waals surface area contributed by atoms with Crippen LogP contribution in [-0.2, 0) is 4.74 Å². The fourth-order valence-electron chi connectivity index (χ4n) is 1.35. The summed E-state index contributed by atoms with van der Waals surface area (Å²) in [4.78, 5) is 2.33. The zero-order valence-corrected chi connectivity index (χ0v) is 7.42. The third kappa shape index (κ3) is 2.77. The first-order valence-corrected chi connectivity index (χ1v) is 4.17. The second kappa shape index (κ2) is 4.70. The van der Waals surface area contributed by atoms with Crippen LogP contribution in [0.15, 0.2) is 0 Å². The monoisotopic (exact) mass is 157 g/mol. The summed E-state index contributed by atoms with van der Waals surface area (Å²) < 4.78 is 5.00. The number of rotatable bonds is 4. The smallest absolute Gasteiger partial charge is 0.0589 e. The van der Waals surface area contributed by atoms with Gasteiger partial charge in [-0.05, 0) is 13.5 Å². The Kier molecular flexibility index (Phi) is 3.83. The van der Waals surface area contributed by atoms with Crippen LogP contribution in [0.5, 0.6) is 0 Å². The van der Waals surface area contributed by atoms with E-state index < -0.39 is 0 Å². The lowest BCUT2D eigenvalue weighted by Crippen LogP contribution is -2.34. The van der Waals surface area contributed by atoms with E-state index in [4.69, 9.17) is 4.74 Å². The molecule has 1 rings (SSSR count). The van der Waals surface area contributed by atoms with Crippen LogP contribution in [-0.4, -0.2) is 51.3 Å². The molecule has 1 saturated heterocycles. The maximum absolute atomic E-state index is 5.00. The molecule has 1 aliphatic rings. The van der Waals surface area contributed by atoms with Gasteiger partial charge in [-0.1, -0.05) is 0 Å². The Morgan fingerprint density at radius 3 is 3.00 bits per heavy atom. The quantitative estimate of drug-likeness (QED) is 0.571. The molecule has 3 heteroatoms. The Balaban J connectivity index is 2.12. The number of hydrogen-bond donors (Lipinski definition) is 0. The molecule has 0 aliphatic carbocycles. The molecule has 11 heavy (non-hydrogen) atoms. The molecule has 65 valence electrons. The molecule has 1 fully saturated rings. The summed E-state index contributed by atoms with van der Waals surface area (Å²) in [7, 11) is 3.89. The fourth-order valence-corrected chi connectivity index (χ4v) is 1.35. The SMILES string of the molecule is COCCN(C)[C@H]1CC[N]C1. The zero-order chi connectivity index (χ0) is 8.10. The lowest BCUT2D eigenvalue weighted by atomic mass is 10.2. The van der Waals surface area contributed by atoms with Gasteiger partial charge in [0.15, 0.2) is 0 Å². The van der Waals surface area contributed by atoms with Crippen LogP contribution in [0.2, 0.25) is 0 Å². The Hall–Kier alpha value is -0.120. The van der Waals surface area contributed by atoms with E-state index in [1.54, 1.807) is 7.11 Å². The Bertz CT molecular complexity index is 102. The molecule has 1 heterocycles. The average Bonchev–Trinajstić information content (AvgIpc) is 2.52. The summed E-state index contributed by atoms with van der Waals surface area (Å²) in [5.74, 6) is 0. The number of hydrogen-bond acceptors (Lipinski definition) is 2. The van der Waals surface area contributed by atoms with Crippen molar-refractivity contribution >= 4 is 0 Å². The van der Waals surface area contributed by atoms with Crippen molar-refractivity contribution in [2.24, 2.45) is 0 Å². The van der Waals surface area contributed by atoms with Gasteiger partial charge in [-0.25, -0.2) is 5.32 Å². The van der Waals surface area contributed by atoms with Crippen LogP contribution in [0, 0.1) is 0 Å². The molecular weight excluding hydrogens is 140 g/mol.